The second-order valence-corrected chi connectivity index (χ2v) is 7.30. The standard InChI is InChI=1S/C20H22F2N4O/c1-11(2)20-25-19-17(26(20)3)16(14-5-4-13(21)10-15(14)22)23-18(24-19)12-6-8-27-9-7-12/h4-5,10-12H,6-9H2,1-3H3. The first-order chi connectivity index (χ1) is 13.0. The van der Waals surface area contributed by atoms with Gasteiger partial charge in [-0.15, -0.1) is 0 Å². The number of rotatable bonds is 3. The Labute approximate surface area is 156 Å². The summed E-state index contributed by atoms with van der Waals surface area (Å²) in [7, 11) is 1.88. The molecule has 1 aromatic carbocycles. The van der Waals surface area contributed by atoms with E-state index in [1.807, 2.05) is 25.5 Å². The number of halogens is 2. The van der Waals surface area contributed by atoms with Crippen molar-refractivity contribution in [1.29, 1.82) is 0 Å². The van der Waals surface area contributed by atoms with Crippen LogP contribution < -0.4 is 0 Å². The molecule has 27 heavy (non-hydrogen) atoms. The second kappa shape index (κ2) is 6.96. The minimum atomic E-state index is -0.639. The maximum atomic E-state index is 14.6. The SMILES string of the molecule is CC(C)c1nc2nc(C3CCOCC3)nc(-c3ccc(F)cc3F)c2n1C. The lowest BCUT2D eigenvalue weighted by Gasteiger charge is -2.21. The van der Waals surface area contributed by atoms with Crippen molar-refractivity contribution in [3.8, 4) is 11.3 Å². The maximum absolute atomic E-state index is 14.6. The van der Waals surface area contributed by atoms with Crippen LogP contribution in [0.3, 0.4) is 0 Å². The Balaban J connectivity index is 1.98. The minimum Gasteiger partial charge on any atom is -0.381 e. The summed E-state index contributed by atoms with van der Waals surface area (Å²) in [6.07, 6.45) is 1.64. The Morgan fingerprint density at radius 3 is 2.52 bits per heavy atom. The molecule has 2 aromatic heterocycles. The molecule has 1 fully saturated rings. The zero-order valence-corrected chi connectivity index (χ0v) is 15.7. The van der Waals surface area contributed by atoms with Crippen LogP contribution in [-0.4, -0.2) is 32.7 Å². The summed E-state index contributed by atoms with van der Waals surface area (Å²) in [5.74, 6) is 0.584. The summed E-state index contributed by atoms with van der Waals surface area (Å²) < 4.78 is 35.4. The van der Waals surface area contributed by atoms with Gasteiger partial charge in [-0.05, 0) is 25.0 Å². The van der Waals surface area contributed by atoms with Gasteiger partial charge in [0.1, 0.15) is 34.5 Å². The van der Waals surface area contributed by atoms with Crippen LogP contribution in [0.25, 0.3) is 22.4 Å². The molecule has 142 valence electrons. The van der Waals surface area contributed by atoms with Crippen molar-refractivity contribution in [2.75, 3.05) is 13.2 Å². The highest BCUT2D eigenvalue weighted by atomic mass is 19.1. The van der Waals surface area contributed by atoms with Crippen LogP contribution in [-0.2, 0) is 11.8 Å². The average Bonchev–Trinajstić information content (AvgIpc) is 2.99. The lowest BCUT2D eigenvalue weighted by atomic mass is 9.99. The normalized spacial score (nSPS) is 15.8. The third-order valence-corrected chi connectivity index (χ3v) is 5.07. The predicted octanol–water partition coefficient (Wildman–Crippen LogP) is 4.33. The van der Waals surface area contributed by atoms with Gasteiger partial charge in [0, 0.05) is 43.7 Å². The lowest BCUT2D eigenvalue weighted by Crippen LogP contribution is -2.17. The van der Waals surface area contributed by atoms with E-state index in [2.05, 4.69) is 4.98 Å². The highest BCUT2D eigenvalue weighted by Crippen LogP contribution is 2.33. The number of ether oxygens (including phenoxy) is 1. The summed E-state index contributed by atoms with van der Waals surface area (Å²) in [6, 6.07) is 3.57. The molecule has 5 nitrogen and oxygen atoms in total. The molecule has 0 amide bonds. The van der Waals surface area contributed by atoms with Gasteiger partial charge in [-0.1, -0.05) is 13.8 Å². The fourth-order valence-electron chi connectivity index (χ4n) is 3.67. The van der Waals surface area contributed by atoms with Crippen molar-refractivity contribution < 1.29 is 13.5 Å². The Morgan fingerprint density at radius 2 is 1.85 bits per heavy atom. The number of imidazole rings is 1. The molecule has 0 radical (unpaired) electrons. The van der Waals surface area contributed by atoms with E-state index in [-0.39, 0.29) is 17.4 Å². The number of aryl methyl sites for hydroxylation is 1. The molecule has 3 aromatic rings. The van der Waals surface area contributed by atoms with Gasteiger partial charge in [0.15, 0.2) is 5.65 Å². The van der Waals surface area contributed by atoms with Gasteiger partial charge < -0.3 is 9.30 Å². The van der Waals surface area contributed by atoms with Crippen LogP contribution in [0.4, 0.5) is 8.78 Å². The number of hydrogen-bond donors (Lipinski definition) is 0. The highest BCUT2D eigenvalue weighted by molar-refractivity contribution is 5.88. The van der Waals surface area contributed by atoms with Crippen LogP contribution in [0.1, 0.15) is 50.2 Å². The zero-order chi connectivity index (χ0) is 19.1. The molecule has 0 unspecified atom stereocenters. The molecule has 7 heteroatoms. The third-order valence-electron chi connectivity index (χ3n) is 5.07. The van der Waals surface area contributed by atoms with E-state index in [1.165, 1.54) is 12.1 Å². The minimum absolute atomic E-state index is 0.148. The van der Waals surface area contributed by atoms with Crippen LogP contribution >= 0.6 is 0 Å². The van der Waals surface area contributed by atoms with E-state index >= 15 is 0 Å². The van der Waals surface area contributed by atoms with Crippen LogP contribution in [0.5, 0.6) is 0 Å². The van der Waals surface area contributed by atoms with Gasteiger partial charge in [0.05, 0.1) is 0 Å². The molecular weight excluding hydrogens is 350 g/mol. The summed E-state index contributed by atoms with van der Waals surface area (Å²) in [5.41, 5.74) is 1.94. The van der Waals surface area contributed by atoms with Gasteiger partial charge in [-0.3, -0.25) is 0 Å². The number of hydrogen-bond acceptors (Lipinski definition) is 4. The molecular formula is C20H22F2N4O. The smallest absolute Gasteiger partial charge is 0.181 e. The van der Waals surface area contributed by atoms with Crippen molar-refractivity contribution in [3.63, 3.8) is 0 Å². The molecule has 0 atom stereocenters. The predicted molar refractivity (Wildman–Crippen MR) is 98.5 cm³/mol. The van der Waals surface area contributed by atoms with Crippen molar-refractivity contribution >= 4 is 11.2 Å². The van der Waals surface area contributed by atoms with E-state index in [1.54, 1.807) is 0 Å². The summed E-state index contributed by atoms with van der Waals surface area (Å²) in [5, 5.41) is 0. The van der Waals surface area contributed by atoms with Crippen molar-refractivity contribution in [2.24, 2.45) is 7.05 Å². The summed E-state index contributed by atoms with van der Waals surface area (Å²) >= 11 is 0. The van der Waals surface area contributed by atoms with Crippen LogP contribution in [0.15, 0.2) is 18.2 Å². The quantitative estimate of drug-likeness (QED) is 0.687. The monoisotopic (exact) mass is 372 g/mol. The molecule has 0 saturated carbocycles. The first-order valence-corrected chi connectivity index (χ1v) is 9.23. The first kappa shape index (κ1) is 18.0. The third kappa shape index (κ3) is 3.20. The number of nitrogens with zero attached hydrogens (tertiary/aromatic N) is 4. The molecule has 0 N–H and O–H groups in total. The van der Waals surface area contributed by atoms with Crippen LogP contribution in [0.2, 0.25) is 0 Å². The second-order valence-electron chi connectivity index (χ2n) is 7.30. The number of benzene rings is 1. The summed E-state index contributed by atoms with van der Waals surface area (Å²) in [6.45, 7) is 5.41. The molecule has 0 spiro atoms. The Morgan fingerprint density at radius 1 is 1.11 bits per heavy atom. The fraction of sp³-hybridized carbons (Fsp3) is 0.450. The zero-order valence-electron chi connectivity index (χ0n) is 15.7. The van der Waals surface area contributed by atoms with Crippen molar-refractivity contribution in [3.05, 3.63) is 41.5 Å². The van der Waals surface area contributed by atoms with Gasteiger partial charge in [-0.2, -0.15) is 0 Å². The van der Waals surface area contributed by atoms with E-state index in [0.29, 0.717) is 35.9 Å². The molecule has 4 rings (SSSR count). The molecule has 1 saturated heterocycles. The van der Waals surface area contributed by atoms with E-state index in [4.69, 9.17) is 14.7 Å². The van der Waals surface area contributed by atoms with E-state index in [9.17, 15) is 8.78 Å². The largest absolute Gasteiger partial charge is 0.381 e. The molecule has 3 heterocycles. The fourth-order valence-corrected chi connectivity index (χ4v) is 3.67. The Hall–Kier alpha value is -2.41. The number of aromatic nitrogens is 4. The lowest BCUT2D eigenvalue weighted by molar-refractivity contribution is 0.0836. The molecule has 0 aliphatic carbocycles. The first-order valence-electron chi connectivity index (χ1n) is 9.23. The van der Waals surface area contributed by atoms with Gasteiger partial charge in [-0.25, -0.2) is 23.7 Å². The van der Waals surface area contributed by atoms with Gasteiger partial charge in [0.25, 0.3) is 0 Å². The summed E-state index contributed by atoms with van der Waals surface area (Å²) in [4.78, 5) is 14.1. The van der Waals surface area contributed by atoms with Crippen molar-refractivity contribution in [2.45, 2.75) is 38.5 Å². The van der Waals surface area contributed by atoms with E-state index in [0.717, 1.165) is 24.7 Å². The average molecular weight is 372 g/mol. The van der Waals surface area contributed by atoms with E-state index < -0.39 is 11.6 Å². The Bertz CT molecular complexity index is 993. The number of fused-ring (bicyclic) bond motifs is 1. The Kier molecular flexibility index (Phi) is 4.63. The van der Waals surface area contributed by atoms with Crippen molar-refractivity contribution in [1.82, 2.24) is 19.5 Å². The highest BCUT2D eigenvalue weighted by Gasteiger charge is 2.25. The van der Waals surface area contributed by atoms with Gasteiger partial charge in [0.2, 0.25) is 0 Å². The molecule has 1 aliphatic rings. The van der Waals surface area contributed by atoms with Gasteiger partial charge >= 0.3 is 0 Å². The maximum Gasteiger partial charge on any atom is 0.181 e. The molecule has 1 aliphatic heterocycles. The molecule has 0 bridgehead atoms. The van der Waals surface area contributed by atoms with Crippen LogP contribution in [0, 0.1) is 11.6 Å². The topological polar surface area (TPSA) is 52.8 Å².